The van der Waals surface area contributed by atoms with Crippen LogP contribution in [0.3, 0.4) is 0 Å². The standard InChI is InChI=1S/C21H25ClN2O4S/c1-14-5-10-19-17(11-14)18(12-21(2,3)28-19)23-20(25)13-24(29(4,26)27)16-8-6-15(22)7-9-16/h5-11,18H,12-13H2,1-4H3,(H,23,25)/t18-/m0/s1. The molecule has 0 bridgehead atoms. The molecule has 0 aromatic heterocycles. The van der Waals surface area contributed by atoms with E-state index in [4.69, 9.17) is 16.3 Å². The van der Waals surface area contributed by atoms with Gasteiger partial charge in [0, 0.05) is 17.0 Å². The van der Waals surface area contributed by atoms with Gasteiger partial charge in [0.25, 0.3) is 0 Å². The molecule has 29 heavy (non-hydrogen) atoms. The fourth-order valence-electron chi connectivity index (χ4n) is 3.48. The van der Waals surface area contributed by atoms with Gasteiger partial charge in [-0.3, -0.25) is 9.10 Å². The fraction of sp³-hybridized carbons (Fsp3) is 0.381. The second-order valence-corrected chi connectivity index (χ2v) is 10.3. The molecule has 2 aromatic rings. The average molecular weight is 437 g/mol. The maximum atomic E-state index is 12.8. The largest absolute Gasteiger partial charge is 0.487 e. The summed E-state index contributed by atoms with van der Waals surface area (Å²) in [4.78, 5) is 12.8. The molecule has 0 unspecified atom stereocenters. The van der Waals surface area contributed by atoms with E-state index in [2.05, 4.69) is 5.32 Å². The predicted molar refractivity (Wildman–Crippen MR) is 115 cm³/mol. The van der Waals surface area contributed by atoms with E-state index in [0.29, 0.717) is 17.1 Å². The third-order valence-electron chi connectivity index (χ3n) is 4.76. The molecule has 2 aromatic carbocycles. The van der Waals surface area contributed by atoms with Gasteiger partial charge in [0.2, 0.25) is 15.9 Å². The van der Waals surface area contributed by atoms with Gasteiger partial charge in [0.1, 0.15) is 17.9 Å². The minimum atomic E-state index is -3.65. The maximum absolute atomic E-state index is 12.8. The second kappa shape index (κ2) is 7.88. The molecule has 0 saturated heterocycles. The zero-order valence-corrected chi connectivity index (χ0v) is 18.5. The summed E-state index contributed by atoms with van der Waals surface area (Å²) in [6, 6.07) is 11.9. The van der Waals surface area contributed by atoms with Gasteiger partial charge in [-0.25, -0.2) is 8.42 Å². The van der Waals surface area contributed by atoms with Crippen molar-refractivity contribution in [1.82, 2.24) is 5.32 Å². The third kappa shape index (κ3) is 5.22. The van der Waals surface area contributed by atoms with Crippen molar-refractivity contribution in [3.05, 3.63) is 58.6 Å². The van der Waals surface area contributed by atoms with Crippen molar-refractivity contribution in [1.29, 1.82) is 0 Å². The molecule has 1 heterocycles. The number of ether oxygens (including phenoxy) is 1. The Morgan fingerprint density at radius 1 is 1.24 bits per heavy atom. The zero-order valence-electron chi connectivity index (χ0n) is 16.9. The number of benzene rings is 2. The van der Waals surface area contributed by atoms with Gasteiger partial charge in [-0.15, -0.1) is 0 Å². The summed E-state index contributed by atoms with van der Waals surface area (Å²) in [6.07, 6.45) is 1.65. The first-order valence-corrected chi connectivity index (χ1v) is 11.5. The Balaban J connectivity index is 1.83. The summed E-state index contributed by atoms with van der Waals surface area (Å²) < 4.78 is 31.7. The van der Waals surface area contributed by atoms with E-state index >= 15 is 0 Å². The smallest absolute Gasteiger partial charge is 0.241 e. The number of rotatable bonds is 5. The van der Waals surface area contributed by atoms with Gasteiger partial charge in [-0.1, -0.05) is 29.3 Å². The molecule has 1 atom stereocenters. The van der Waals surface area contributed by atoms with Crippen molar-refractivity contribution in [2.24, 2.45) is 0 Å². The normalized spacial score (nSPS) is 17.8. The number of hydrogen-bond donors (Lipinski definition) is 1. The van der Waals surface area contributed by atoms with Gasteiger partial charge < -0.3 is 10.1 Å². The van der Waals surface area contributed by atoms with Crippen LogP contribution >= 0.6 is 11.6 Å². The van der Waals surface area contributed by atoms with E-state index < -0.39 is 15.6 Å². The molecule has 0 saturated carbocycles. The quantitative estimate of drug-likeness (QED) is 0.772. The molecule has 1 aliphatic rings. The van der Waals surface area contributed by atoms with Crippen LogP contribution in [0.25, 0.3) is 0 Å². The molecule has 1 aliphatic heterocycles. The number of amides is 1. The highest BCUT2D eigenvalue weighted by molar-refractivity contribution is 7.92. The Bertz CT molecular complexity index is 1020. The number of carbonyl (C=O) groups excluding carboxylic acids is 1. The zero-order chi connectivity index (χ0) is 21.4. The van der Waals surface area contributed by atoms with Gasteiger partial charge in [-0.05, 0) is 51.1 Å². The van der Waals surface area contributed by atoms with Crippen LogP contribution in [0.4, 0.5) is 5.69 Å². The molecule has 6 nitrogen and oxygen atoms in total. The molecule has 0 aliphatic carbocycles. The van der Waals surface area contributed by atoms with Crippen molar-refractivity contribution in [3.63, 3.8) is 0 Å². The summed E-state index contributed by atoms with van der Waals surface area (Å²) in [5.74, 6) is 0.343. The number of anilines is 1. The molecular formula is C21H25ClN2O4S. The van der Waals surface area contributed by atoms with Crippen LogP contribution in [0.15, 0.2) is 42.5 Å². The minimum absolute atomic E-state index is 0.271. The van der Waals surface area contributed by atoms with Crippen molar-refractivity contribution in [2.75, 3.05) is 17.1 Å². The van der Waals surface area contributed by atoms with Crippen LogP contribution in [-0.2, 0) is 14.8 Å². The van der Waals surface area contributed by atoms with Crippen molar-refractivity contribution < 1.29 is 17.9 Å². The molecule has 3 rings (SSSR count). The summed E-state index contributed by atoms with van der Waals surface area (Å²) in [5, 5.41) is 3.48. The van der Waals surface area contributed by atoms with E-state index in [1.165, 1.54) is 0 Å². The van der Waals surface area contributed by atoms with Crippen molar-refractivity contribution in [3.8, 4) is 5.75 Å². The minimum Gasteiger partial charge on any atom is -0.487 e. The Labute approximate surface area is 176 Å². The lowest BCUT2D eigenvalue weighted by atomic mass is 9.89. The number of halogens is 1. The number of nitrogens with one attached hydrogen (secondary N) is 1. The number of aryl methyl sites for hydroxylation is 1. The van der Waals surface area contributed by atoms with Crippen molar-refractivity contribution >= 4 is 33.2 Å². The summed E-state index contributed by atoms with van der Waals surface area (Å²) >= 11 is 5.89. The summed E-state index contributed by atoms with van der Waals surface area (Å²) in [6.45, 7) is 5.58. The Kier molecular flexibility index (Phi) is 5.83. The molecule has 0 fully saturated rings. The SMILES string of the molecule is Cc1ccc2c(c1)[C@@H](NC(=O)CN(c1ccc(Cl)cc1)S(C)(=O)=O)CC(C)(C)O2. The van der Waals surface area contributed by atoms with Crippen molar-refractivity contribution in [2.45, 2.75) is 38.8 Å². The van der Waals surface area contributed by atoms with Crippen LogP contribution in [0.5, 0.6) is 5.75 Å². The van der Waals surface area contributed by atoms with E-state index in [1.807, 2.05) is 39.0 Å². The van der Waals surface area contributed by atoms with Gasteiger partial charge in [0.15, 0.2) is 0 Å². The summed E-state index contributed by atoms with van der Waals surface area (Å²) in [7, 11) is -3.65. The lowest BCUT2D eigenvalue weighted by Crippen LogP contribution is -2.45. The molecule has 0 radical (unpaired) electrons. The van der Waals surface area contributed by atoms with Crippen LogP contribution in [-0.4, -0.2) is 32.7 Å². The van der Waals surface area contributed by atoms with E-state index in [9.17, 15) is 13.2 Å². The third-order valence-corrected chi connectivity index (χ3v) is 6.15. The number of nitrogens with zero attached hydrogens (tertiary/aromatic N) is 1. The van der Waals surface area contributed by atoms with Crippen LogP contribution in [0.2, 0.25) is 5.02 Å². The fourth-order valence-corrected chi connectivity index (χ4v) is 4.46. The molecule has 0 spiro atoms. The highest BCUT2D eigenvalue weighted by Crippen LogP contribution is 2.39. The van der Waals surface area contributed by atoms with Gasteiger partial charge in [-0.2, -0.15) is 0 Å². The Hall–Kier alpha value is -2.25. The lowest BCUT2D eigenvalue weighted by Gasteiger charge is -2.38. The summed E-state index contributed by atoms with van der Waals surface area (Å²) in [5.41, 5.74) is 1.89. The lowest BCUT2D eigenvalue weighted by molar-refractivity contribution is -0.120. The molecule has 8 heteroatoms. The second-order valence-electron chi connectivity index (χ2n) is 7.97. The highest BCUT2D eigenvalue weighted by Gasteiger charge is 2.35. The maximum Gasteiger partial charge on any atom is 0.241 e. The average Bonchev–Trinajstić information content (AvgIpc) is 2.60. The van der Waals surface area contributed by atoms with E-state index in [1.54, 1.807) is 24.3 Å². The number of carbonyl (C=O) groups is 1. The van der Waals surface area contributed by atoms with Gasteiger partial charge >= 0.3 is 0 Å². The van der Waals surface area contributed by atoms with Crippen LogP contribution in [0.1, 0.15) is 37.4 Å². The first-order valence-electron chi connectivity index (χ1n) is 9.27. The first kappa shape index (κ1) is 21.5. The number of fused-ring (bicyclic) bond motifs is 1. The monoisotopic (exact) mass is 436 g/mol. The Morgan fingerprint density at radius 2 is 1.90 bits per heavy atom. The van der Waals surface area contributed by atoms with E-state index in [0.717, 1.165) is 27.4 Å². The molecular weight excluding hydrogens is 412 g/mol. The molecule has 1 amide bonds. The Morgan fingerprint density at radius 3 is 2.52 bits per heavy atom. The number of sulfonamides is 1. The highest BCUT2D eigenvalue weighted by atomic mass is 35.5. The first-order chi connectivity index (χ1) is 13.4. The van der Waals surface area contributed by atoms with Crippen LogP contribution in [0, 0.1) is 6.92 Å². The topological polar surface area (TPSA) is 75.7 Å². The van der Waals surface area contributed by atoms with Crippen LogP contribution < -0.4 is 14.4 Å². The predicted octanol–water partition coefficient (Wildman–Crippen LogP) is 3.83. The van der Waals surface area contributed by atoms with E-state index in [-0.39, 0.29) is 18.5 Å². The van der Waals surface area contributed by atoms with Gasteiger partial charge in [0.05, 0.1) is 18.0 Å². The molecule has 1 N–H and O–H groups in total. The number of hydrogen-bond acceptors (Lipinski definition) is 4. The molecule has 156 valence electrons.